The van der Waals surface area contributed by atoms with Crippen molar-refractivity contribution in [3.05, 3.63) is 29.6 Å². The molecule has 0 spiro atoms. The minimum atomic E-state index is -0.281. The average molecular weight is 280 g/mol. The summed E-state index contributed by atoms with van der Waals surface area (Å²) >= 11 is 0. The van der Waals surface area contributed by atoms with Crippen LogP contribution < -0.4 is 10.5 Å². The lowest BCUT2D eigenvalue weighted by Gasteiger charge is -2.37. The first kappa shape index (κ1) is 13.8. The zero-order valence-electron chi connectivity index (χ0n) is 11.7. The second kappa shape index (κ2) is 5.68. The summed E-state index contributed by atoms with van der Waals surface area (Å²) in [6.07, 6.45) is 0.269. The summed E-state index contributed by atoms with van der Waals surface area (Å²) in [7, 11) is 0. The first-order valence-electron chi connectivity index (χ1n) is 7.15. The van der Waals surface area contributed by atoms with Gasteiger partial charge in [0.1, 0.15) is 11.6 Å². The summed E-state index contributed by atoms with van der Waals surface area (Å²) in [4.78, 5) is 2.37. The molecule has 0 radical (unpaired) electrons. The molecule has 1 fully saturated rings. The van der Waals surface area contributed by atoms with Gasteiger partial charge in [0.05, 0.1) is 19.3 Å². The predicted octanol–water partition coefficient (Wildman–Crippen LogP) is 1.55. The van der Waals surface area contributed by atoms with Gasteiger partial charge < -0.3 is 15.2 Å². The van der Waals surface area contributed by atoms with E-state index in [1.165, 1.54) is 12.1 Å². The average Bonchev–Trinajstić information content (AvgIpc) is 2.42. The van der Waals surface area contributed by atoms with Crippen molar-refractivity contribution in [3.8, 4) is 5.75 Å². The SMILES string of the molecule is C[C@@H]1CN(CC2COc3cc(F)ccc3[C@@H]2N)CCO1. The van der Waals surface area contributed by atoms with Crippen LogP contribution in [0.5, 0.6) is 5.75 Å². The molecule has 2 aliphatic heterocycles. The second-order valence-electron chi connectivity index (χ2n) is 5.72. The van der Waals surface area contributed by atoms with Crippen molar-refractivity contribution in [2.24, 2.45) is 11.7 Å². The fourth-order valence-electron chi connectivity index (χ4n) is 3.02. The van der Waals surface area contributed by atoms with Crippen molar-refractivity contribution < 1.29 is 13.9 Å². The summed E-state index contributed by atoms with van der Waals surface area (Å²) < 4.78 is 24.4. The van der Waals surface area contributed by atoms with Gasteiger partial charge in [0.15, 0.2) is 0 Å². The van der Waals surface area contributed by atoms with Gasteiger partial charge in [-0.05, 0) is 13.0 Å². The third-order valence-electron chi connectivity index (χ3n) is 4.11. The molecule has 2 N–H and O–H groups in total. The van der Waals surface area contributed by atoms with E-state index in [-0.39, 0.29) is 23.9 Å². The number of morpholine rings is 1. The van der Waals surface area contributed by atoms with Crippen LogP contribution in [0.15, 0.2) is 18.2 Å². The summed E-state index contributed by atoms with van der Waals surface area (Å²) in [6, 6.07) is 4.50. The summed E-state index contributed by atoms with van der Waals surface area (Å²) in [5.41, 5.74) is 7.24. The standard InChI is InChI=1S/C15H21FN2O2/c1-10-7-18(4-5-19-10)8-11-9-20-14-6-12(16)2-3-13(14)15(11)17/h2-3,6,10-11,15H,4-5,7-9,17H2,1H3/t10-,11?,15-/m1/s1. The van der Waals surface area contributed by atoms with E-state index in [1.807, 2.05) is 0 Å². The van der Waals surface area contributed by atoms with Crippen LogP contribution in [-0.4, -0.2) is 43.9 Å². The number of hydrogen-bond acceptors (Lipinski definition) is 4. The number of nitrogens with zero attached hydrogens (tertiary/aromatic N) is 1. The van der Waals surface area contributed by atoms with Crippen LogP contribution >= 0.6 is 0 Å². The number of ether oxygens (including phenoxy) is 2. The molecule has 0 aliphatic carbocycles. The molecule has 2 aliphatic rings. The number of nitrogens with two attached hydrogens (primary N) is 1. The summed E-state index contributed by atoms with van der Waals surface area (Å²) in [5, 5.41) is 0. The van der Waals surface area contributed by atoms with E-state index in [1.54, 1.807) is 6.07 Å². The number of rotatable bonds is 2. The Morgan fingerprint density at radius 1 is 1.45 bits per heavy atom. The molecule has 1 saturated heterocycles. The Kier molecular flexibility index (Phi) is 3.92. The van der Waals surface area contributed by atoms with Crippen LogP contribution in [0, 0.1) is 11.7 Å². The van der Waals surface area contributed by atoms with E-state index in [0.29, 0.717) is 12.4 Å². The van der Waals surface area contributed by atoms with Crippen molar-refractivity contribution in [1.82, 2.24) is 4.90 Å². The molecule has 0 aromatic heterocycles. The molecular weight excluding hydrogens is 259 g/mol. The molecule has 1 aromatic rings. The van der Waals surface area contributed by atoms with Gasteiger partial charge in [-0.25, -0.2) is 4.39 Å². The number of halogens is 1. The molecule has 0 amide bonds. The molecular formula is C15H21FN2O2. The maximum absolute atomic E-state index is 13.2. The lowest BCUT2D eigenvalue weighted by Crippen LogP contribution is -2.47. The zero-order valence-corrected chi connectivity index (χ0v) is 11.7. The Morgan fingerprint density at radius 2 is 2.30 bits per heavy atom. The first-order valence-corrected chi connectivity index (χ1v) is 7.15. The van der Waals surface area contributed by atoms with Gasteiger partial charge in [-0.1, -0.05) is 6.07 Å². The number of fused-ring (bicyclic) bond motifs is 1. The van der Waals surface area contributed by atoms with E-state index in [4.69, 9.17) is 15.2 Å². The lowest BCUT2D eigenvalue weighted by atomic mass is 9.90. The van der Waals surface area contributed by atoms with Gasteiger partial charge >= 0.3 is 0 Å². The summed E-state index contributed by atoms with van der Waals surface area (Å²) in [6.45, 7) is 6.16. The van der Waals surface area contributed by atoms with E-state index >= 15 is 0 Å². The normalized spacial score (nSPS) is 30.6. The molecule has 110 valence electrons. The van der Waals surface area contributed by atoms with Crippen LogP contribution in [0.1, 0.15) is 18.5 Å². The molecule has 0 saturated carbocycles. The van der Waals surface area contributed by atoms with Crippen LogP contribution in [0.3, 0.4) is 0 Å². The van der Waals surface area contributed by atoms with Crippen molar-refractivity contribution in [2.75, 3.05) is 32.8 Å². The molecule has 20 heavy (non-hydrogen) atoms. The van der Waals surface area contributed by atoms with Crippen molar-refractivity contribution >= 4 is 0 Å². The quantitative estimate of drug-likeness (QED) is 0.893. The van der Waals surface area contributed by atoms with E-state index < -0.39 is 0 Å². The van der Waals surface area contributed by atoms with E-state index in [0.717, 1.165) is 31.8 Å². The van der Waals surface area contributed by atoms with E-state index in [2.05, 4.69) is 11.8 Å². The molecule has 1 aromatic carbocycles. The van der Waals surface area contributed by atoms with Crippen LogP contribution in [0.25, 0.3) is 0 Å². The molecule has 3 rings (SSSR count). The molecule has 0 bridgehead atoms. The van der Waals surface area contributed by atoms with Gasteiger partial charge in [0.25, 0.3) is 0 Å². The minimum Gasteiger partial charge on any atom is -0.493 e. The van der Waals surface area contributed by atoms with Crippen molar-refractivity contribution in [2.45, 2.75) is 19.1 Å². The van der Waals surface area contributed by atoms with Gasteiger partial charge in [0.2, 0.25) is 0 Å². The van der Waals surface area contributed by atoms with Crippen LogP contribution in [0.4, 0.5) is 4.39 Å². The minimum absolute atomic E-state index is 0.0995. The highest BCUT2D eigenvalue weighted by atomic mass is 19.1. The molecule has 3 atom stereocenters. The lowest BCUT2D eigenvalue weighted by molar-refractivity contribution is -0.0276. The third kappa shape index (κ3) is 2.80. The molecule has 1 unspecified atom stereocenters. The monoisotopic (exact) mass is 280 g/mol. The third-order valence-corrected chi connectivity index (χ3v) is 4.11. The smallest absolute Gasteiger partial charge is 0.127 e. The number of hydrogen-bond donors (Lipinski definition) is 1. The van der Waals surface area contributed by atoms with Gasteiger partial charge in [0, 0.05) is 43.2 Å². The molecule has 4 nitrogen and oxygen atoms in total. The maximum Gasteiger partial charge on any atom is 0.127 e. The largest absolute Gasteiger partial charge is 0.493 e. The molecule has 5 heteroatoms. The Morgan fingerprint density at radius 3 is 3.10 bits per heavy atom. The maximum atomic E-state index is 13.2. The topological polar surface area (TPSA) is 47.7 Å². The fraction of sp³-hybridized carbons (Fsp3) is 0.600. The Hall–Kier alpha value is -1.17. The Bertz CT molecular complexity index is 483. The van der Waals surface area contributed by atoms with Crippen molar-refractivity contribution in [3.63, 3.8) is 0 Å². The highest BCUT2D eigenvalue weighted by Gasteiger charge is 2.31. The molecule has 2 heterocycles. The fourth-order valence-corrected chi connectivity index (χ4v) is 3.02. The highest BCUT2D eigenvalue weighted by Crippen LogP contribution is 2.34. The predicted molar refractivity (Wildman–Crippen MR) is 74.2 cm³/mol. The van der Waals surface area contributed by atoms with Gasteiger partial charge in [-0.3, -0.25) is 4.90 Å². The van der Waals surface area contributed by atoms with Gasteiger partial charge in [-0.2, -0.15) is 0 Å². The van der Waals surface area contributed by atoms with E-state index in [9.17, 15) is 4.39 Å². The number of benzene rings is 1. The van der Waals surface area contributed by atoms with Gasteiger partial charge in [-0.15, -0.1) is 0 Å². The Balaban J connectivity index is 1.69. The zero-order chi connectivity index (χ0) is 14.1. The van der Waals surface area contributed by atoms with Crippen LogP contribution in [-0.2, 0) is 4.74 Å². The highest BCUT2D eigenvalue weighted by molar-refractivity contribution is 5.38. The summed E-state index contributed by atoms with van der Waals surface area (Å²) in [5.74, 6) is 0.541. The first-order chi connectivity index (χ1) is 9.63. The van der Waals surface area contributed by atoms with Crippen LogP contribution in [0.2, 0.25) is 0 Å². The van der Waals surface area contributed by atoms with Crippen molar-refractivity contribution in [1.29, 1.82) is 0 Å². The second-order valence-corrected chi connectivity index (χ2v) is 5.72. The Labute approximate surface area is 118 Å².